The van der Waals surface area contributed by atoms with Crippen molar-refractivity contribution in [2.75, 3.05) is 13.1 Å². The lowest BCUT2D eigenvalue weighted by molar-refractivity contribution is 0.244. The molecule has 2 unspecified atom stereocenters. The van der Waals surface area contributed by atoms with Crippen molar-refractivity contribution >= 4 is 0 Å². The van der Waals surface area contributed by atoms with E-state index in [1.54, 1.807) is 0 Å². The summed E-state index contributed by atoms with van der Waals surface area (Å²) in [4.78, 5) is 0. The van der Waals surface area contributed by atoms with Gasteiger partial charge in [-0.05, 0) is 43.6 Å². The van der Waals surface area contributed by atoms with Gasteiger partial charge in [-0.2, -0.15) is 0 Å². The van der Waals surface area contributed by atoms with E-state index in [2.05, 4.69) is 39.9 Å². The SMILES string of the molecule is CC(CNCC(C)(N)C1CC1)C(C)(C)C. The molecule has 0 aliphatic heterocycles. The van der Waals surface area contributed by atoms with Gasteiger partial charge < -0.3 is 11.1 Å². The van der Waals surface area contributed by atoms with Crippen LogP contribution in [0.5, 0.6) is 0 Å². The minimum Gasteiger partial charge on any atom is -0.324 e. The molecule has 0 saturated heterocycles. The summed E-state index contributed by atoms with van der Waals surface area (Å²) in [5, 5.41) is 3.53. The fraction of sp³-hybridized carbons (Fsp3) is 1.00. The Labute approximate surface area is 95.0 Å². The molecule has 0 amide bonds. The molecule has 2 heteroatoms. The molecule has 0 aromatic rings. The number of hydrogen-bond acceptors (Lipinski definition) is 2. The molecule has 0 spiro atoms. The standard InChI is InChI=1S/C13H28N2/c1-10(12(2,3)4)8-15-9-13(5,14)11-6-7-11/h10-11,15H,6-9,14H2,1-5H3. The smallest absolute Gasteiger partial charge is 0.0280 e. The average Bonchev–Trinajstić information content (AvgIpc) is 2.83. The van der Waals surface area contributed by atoms with Crippen LogP contribution in [0.3, 0.4) is 0 Å². The molecule has 1 aliphatic rings. The molecule has 1 aliphatic carbocycles. The van der Waals surface area contributed by atoms with Gasteiger partial charge in [0.15, 0.2) is 0 Å². The molecule has 0 bridgehead atoms. The third-order valence-corrected chi connectivity index (χ3v) is 3.94. The van der Waals surface area contributed by atoms with Gasteiger partial charge in [0.25, 0.3) is 0 Å². The largest absolute Gasteiger partial charge is 0.324 e. The maximum absolute atomic E-state index is 6.25. The first-order chi connectivity index (χ1) is 6.73. The fourth-order valence-corrected chi connectivity index (χ4v) is 1.75. The normalized spacial score (nSPS) is 23.6. The molecule has 15 heavy (non-hydrogen) atoms. The Morgan fingerprint density at radius 2 is 1.80 bits per heavy atom. The predicted molar refractivity (Wildman–Crippen MR) is 66.8 cm³/mol. The predicted octanol–water partition coefficient (Wildman–Crippen LogP) is 2.39. The zero-order chi connectivity index (χ0) is 11.7. The lowest BCUT2D eigenvalue weighted by Gasteiger charge is -2.30. The van der Waals surface area contributed by atoms with Gasteiger partial charge in [-0.15, -0.1) is 0 Å². The maximum atomic E-state index is 6.25. The highest BCUT2D eigenvalue weighted by atomic mass is 14.9. The second kappa shape index (κ2) is 4.42. The molecule has 2 atom stereocenters. The summed E-state index contributed by atoms with van der Waals surface area (Å²) in [7, 11) is 0. The van der Waals surface area contributed by atoms with Crippen molar-refractivity contribution < 1.29 is 0 Å². The first-order valence-electron chi connectivity index (χ1n) is 6.23. The van der Waals surface area contributed by atoms with E-state index in [1.807, 2.05) is 0 Å². The number of nitrogens with one attached hydrogen (secondary N) is 1. The fourth-order valence-electron chi connectivity index (χ4n) is 1.75. The third kappa shape index (κ3) is 4.12. The van der Waals surface area contributed by atoms with E-state index in [0.717, 1.165) is 19.0 Å². The number of nitrogens with two attached hydrogens (primary N) is 1. The summed E-state index contributed by atoms with van der Waals surface area (Å²) in [6.45, 7) is 13.4. The van der Waals surface area contributed by atoms with E-state index in [4.69, 9.17) is 5.73 Å². The van der Waals surface area contributed by atoms with E-state index in [-0.39, 0.29) is 5.54 Å². The zero-order valence-corrected chi connectivity index (χ0v) is 11.1. The van der Waals surface area contributed by atoms with Gasteiger partial charge in [-0.25, -0.2) is 0 Å². The molecule has 1 saturated carbocycles. The number of rotatable bonds is 5. The summed E-state index contributed by atoms with van der Waals surface area (Å²) < 4.78 is 0. The Bertz CT molecular complexity index is 199. The van der Waals surface area contributed by atoms with Gasteiger partial charge in [0.05, 0.1) is 0 Å². The Morgan fingerprint density at radius 3 is 2.20 bits per heavy atom. The van der Waals surface area contributed by atoms with Crippen LogP contribution in [0.15, 0.2) is 0 Å². The van der Waals surface area contributed by atoms with Crippen LogP contribution in [-0.2, 0) is 0 Å². The van der Waals surface area contributed by atoms with Crippen LogP contribution in [0.4, 0.5) is 0 Å². The maximum Gasteiger partial charge on any atom is 0.0280 e. The van der Waals surface area contributed by atoms with Gasteiger partial charge in [-0.1, -0.05) is 27.7 Å². The van der Waals surface area contributed by atoms with Crippen molar-refractivity contribution in [3.63, 3.8) is 0 Å². The molecular formula is C13H28N2. The molecule has 90 valence electrons. The highest BCUT2D eigenvalue weighted by molar-refractivity contribution is 4.96. The Hall–Kier alpha value is -0.0800. The van der Waals surface area contributed by atoms with Crippen molar-refractivity contribution in [1.82, 2.24) is 5.32 Å². The van der Waals surface area contributed by atoms with Crippen LogP contribution in [0.1, 0.15) is 47.5 Å². The first-order valence-corrected chi connectivity index (χ1v) is 6.23. The van der Waals surface area contributed by atoms with Crippen LogP contribution < -0.4 is 11.1 Å². The van der Waals surface area contributed by atoms with Crippen molar-refractivity contribution in [3.8, 4) is 0 Å². The van der Waals surface area contributed by atoms with Gasteiger partial charge in [0, 0.05) is 12.1 Å². The second-order valence-corrected chi connectivity index (χ2v) is 6.68. The average molecular weight is 212 g/mol. The minimum atomic E-state index is 0.0115. The topological polar surface area (TPSA) is 38.0 Å². The van der Waals surface area contributed by atoms with Gasteiger partial charge in [-0.3, -0.25) is 0 Å². The highest BCUT2D eigenvalue weighted by Gasteiger charge is 2.38. The van der Waals surface area contributed by atoms with Crippen LogP contribution >= 0.6 is 0 Å². The van der Waals surface area contributed by atoms with Gasteiger partial charge in [0.1, 0.15) is 0 Å². The van der Waals surface area contributed by atoms with E-state index in [9.17, 15) is 0 Å². The first kappa shape index (κ1) is 13.0. The van der Waals surface area contributed by atoms with E-state index >= 15 is 0 Å². The van der Waals surface area contributed by atoms with E-state index in [1.165, 1.54) is 12.8 Å². The third-order valence-electron chi connectivity index (χ3n) is 3.94. The molecule has 0 aromatic carbocycles. The number of hydrogen-bond donors (Lipinski definition) is 2. The molecule has 2 nitrogen and oxygen atoms in total. The summed E-state index contributed by atoms with van der Waals surface area (Å²) in [6.07, 6.45) is 2.65. The second-order valence-electron chi connectivity index (χ2n) is 6.68. The van der Waals surface area contributed by atoms with Crippen LogP contribution in [0.2, 0.25) is 0 Å². The Balaban J connectivity index is 2.21. The lowest BCUT2D eigenvalue weighted by Crippen LogP contribution is -2.49. The van der Waals surface area contributed by atoms with Crippen molar-refractivity contribution in [1.29, 1.82) is 0 Å². The molecule has 0 heterocycles. The lowest BCUT2D eigenvalue weighted by atomic mass is 9.82. The van der Waals surface area contributed by atoms with E-state index < -0.39 is 0 Å². The molecule has 0 aromatic heterocycles. The van der Waals surface area contributed by atoms with Gasteiger partial charge in [0.2, 0.25) is 0 Å². The Morgan fingerprint density at radius 1 is 1.27 bits per heavy atom. The van der Waals surface area contributed by atoms with Crippen molar-refractivity contribution in [2.45, 2.75) is 53.0 Å². The molecule has 3 N–H and O–H groups in total. The molecule has 0 radical (unpaired) electrons. The molecule has 1 rings (SSSR count). The Kier molecular flexibility index (Phi) is 3.83. The highest BCUT2D eigenvalue weighted by Crippen LogP contribution is 2.37. The van der Waals surface area contributed by atoms with Crippen molar-refractivity contribution in [3.05, 3.63) is 0 Å². The minimum absolute atomic E-state index is 0.0115. The summed E-state index contributed by atoms with van der Waals surface area (Å²) in [5.74, 6) is 1.45. The zero-order valence-electron chi connectivity index (χ0n) is 11.1. The monoisotopic (exact) mass is 212 g/mol. The van der Waals surface area contributed by atoms with E-state index in [0.29, 0.717) is 11.3 Å². The molecular weight excluding hydrogens is 184 g/mol. The van der Waals surface area contributed by atoms with Crippen LogP contribution in [0, 0.1) is 17.3 Å². The van der Waals surface area contributed by atoms with Crippen molar-refractivity contribution in [2.24, 2.45) is 23.0 Å². The quantitative estimate of drug-likeness (QED) is 0.734. The summed E-state index contributed by atoms with van der Waals surface area (Å²) >= 11 is 0. The van der Waals surface area contributed by atoms with Crippen LogP contribution in [0.25, 0.3) is 0 Å². The summed E-state index contributed by atoms with van der Waals surface area (Å²) in [5.41, 5.74) is 6.65. The van der Waals surface area contributed by atoms with Crippen LogP contribution in [-0.4, -0.2) is 18.6 Å². The molecule has 1 fully saturated rings. The van der Waals surface area contributed by atoms with Gasteiger partial charge >= 0.3 is 0 Å². The summed E-state index contributed by atoms with van der Waals surface area (Å²) in [6, 6.07) is 0.